The number of amides is 1. The molecule has 1 rings (SSSR count). The van der Waals surface area contributed by atoms with Gasteiger partial charge in [-0.3, -0.25) is 0 Å². The molecule has 0 radical (unpaired) electrons. The lowest BCUT2D eigenvalue weighted by Gasteiger charge is -2.29. The average molecular weight is 369 g/mol. The van der Waals surface area contributed by atoms with E-state index in [1.807, 2.05) is 26.8 Å². The highest BCUT2D eigenvalue weighted by atomic mass is 16.6. The van der Waals surface area contributed by atoms with E-state index in [1.165, 1.54) is 12.8 Å². The third kappa shape index (κ3) is 12.3. The van der Waals surface area contributed by atoms with Gasteiger partial charge in [0.25, 0.3) is 0 Å². The van der Waals surface area contributed by atoms with Gasteiger partial charge in [-0.05, 0) is 91.1 Å². The quantitative estimate of drug-likeness (QED) is 0.395. The number of carbonyl (C=O) groups is 1. The maximum absolute atomic E-state index is 11.7. The summed E-state index contributed by atoms with van der Waals surface area (Å²) in [5.41, 5.74) is -0.433. The summed E-state index contributed by atoms with van der Waals surface area (Å²) in [6.45, 7) is 13.1. The summed E-state index contributed by atoms with van der Waals surface area (Å²) in [5, 5.41) is 6.31. The van der Waals surface area contributed by atoms with E-state index in [1.54, 1.807) is 0 Å². The molecule has 1 aliphatic rings. The smallest absolute Gasteiger partial charge is 0.407 e. The fourth-order valence-electron chi connectivity index (χ4n) is 3.15. The van der Waals surface area contributed by atoms with E-state index in [-0.39, 0.29) is 6.09 Å². The molecule has 2 N–H and O–H groups in total. The Kier molecular flexibility index (Phi) is 11.6. The van der Waals surface area contributed by atoms with Crippen LogP contribution in [0.25, 0.3) is 0 Å². The van der Waals surface area contributed by atoms with Crippen LogP contribution in [0.1, 0.15) is 72.1 Å². The van der Waals surface area contributed by atoms with Gasteiger partial charge in [-0.2, -0.15) is 0 Å². The Labute approximate surface area is 160 Å². The molecule has 26 heavy (non-hydrogen) atoms. The standard InChI is InChI=1S/C21H40N2O3/c1-5-6-14-22-15-8-7-9-16-25-19-12-10-18(11-13-19)17-23-20(24)26-21(2,3)4/h5,18-19,22H,1,6-17H2,2-4H3,(H,23,24). The molecule has 0 aromatic rings. The Bertz CT molecular complexity index is 385. The second-order valence-corrected chi connectivity index (χ2v) is 8.28. The fraction of sp³-hybridized carbons (Fsp3) is 0.857. The van der Waals surface area contributed by atoms with E-state index in [9.17, 15) is 4.79 Å². The van der Waals surface area contributed by atoms with E-state index in [0.717, 1.165) is 58.2 Å². The topological polar surface area (TPSA) is 59.6 Å². The van der Waals surface area contributed by atoms with Crippen molar-refractivity contribution >= 4 is 6.09 Å². The van der Waals surface area contributed by atoms with Gasteiger partial charge < -0.3 is 20.1 Å². The molecular weight excluding hydrogens is 328 g/mol. The average Bonchev–Trinajstić information content (AvgIpc) is 2.58. The Morgan fingerprint density at radius 2 is 1.85 bits per heavy atom. The molecule has 0 atom stereocenters. The Morgan fingerprint density at radius 1 is 1.12 bits per heavy atom. The summed E-state index contributed by atoms with van der Waals surface area (Å²) >= 11 is 0. The van der Waals surface area contributed by atoms with Gasteiger partial charge in [-0.15, -0.1) is 6.58 Å². The number of alkyl carbamates (subject to hydrolysis) is 1. The van der Waals surface area contributed by atoms with E-state index < -0.39 is 5.60 Å². The van der Waals surface area contributed by atoms with Crippen LogP contribution in [0.2, 0.25) is 0 Å². The highest BCUT2D eigenvalue weighted by molar-refractivity contribution is 5.67. The van der Waals surface area contributed by atoms with E-state index in [0.29, 0.717) is 18.6 Å². The van der Waals surface area contributed by atoms with Crippen molar-refractivity contribution in [3.05, 3.63) is 12.7 Å². The molecule has 0 heterocycles. The minimum absolute atomic E-state index is 0.310. The molecule has 5 nitrogen and oxygen atoms in total. The third-order valence-corrected chi connectivity index (χ3v) is 4.60. The van der Waals surface area contributed by atoms with Crippen molar-refractivity contribution in [1.29, 1.82) is 0 Å². The molecule has 0 aliphatic heterocycles. The zero-order valence-corrected chi connectivity index (χ0v) is 17.1. The van der Waals surface area contributed by atoms with Crippen molar-refractivity contribution in [2.45, 2.75) is 83.8 Å². The minimum atomic E-state index is -0.433. The van der Waals surface area contributed by atoms with Crippen LogP contribution in [0.5, 0.6) is 0 Å². The van der Waals surface area contributed by atoms with Crippen LogP contribution in [0.4, 0.5) is 4.79 Å². The van der Waals surface area contributed by atoms with Crippen molar-refractivity contribution in [2.24, 2.45) is 5.92 Å². The Morgan fingerprint density at radius 3 is 2.50 bits per heavy atom. The Hall–Kier alpha value is -1.07. The van der Waals surface area contributed by atoms with Gasteiger partial charge in [0.2, 0.25) is 0 Å². The highest BCUT2D eigenvalue weighted by Gasteiger charge is 2.23. The lowest BCUT2D eigenvalue weighted by Crippen LogP contribution is -2.36. The van der Waals surface area contributed by atoms with Crippen LogP contribution in [-0.4, -0.2) is 44.0 Å². The second kappa shape index (κ2) is 13.2. The van der Waals surface area contributed by atoms with Crippen LogP contribution in [0.15, 0.2) is 12.7 Å². The van der Waals surface area contributed by atoms with Crippen LogP contribution in [0.3, 0.4) is 0 Å². The normalized spacial score (nSPS) is 20.6. The van der Waals surface area contributed by atoms with Crippen molar-refractivity contribution in [2.75, 3.05) is 26.2 Å². The molecule has 152 valence electrons. The zero-order valence-electron chi connectivity index (χ0n) is 17.1. The summed E-state index contributed by atoms with van der Waals surface area (Å²) in [7, 11) is 0. The lowest BCUT2D eigenvalue weighted by atomic mass is 9.87. The molecule has 5 heteroatoms. The monoisotopic (exact) mass is 368 g/mol. The number of carbonyl (C=O) groups excluding carboxylic acids is 1. The molecule has 1 fully saturated rings. The van der Waals surface area contributed by atoms with Crippen molar-refractivity contribution < 1.29 is 14.3 Å². The molecule has 1 amide bonds. The summed E-state index contributed by atoms with van der Waals surface area (Å²) in [4.78, 5) is 11.7. The molecule has 0 spiro atoms. The number of nitrogens with one attached hydrogen (secondary N) is 2. The van der Waals surface area contributed by atoms with Crippen LogP contribution in [0, 0.1) is 5.92 Å². The molecule has 0 unspecified atom stereocenters. The maximum Gasteiger partial charge on any atom is 0.407 e. The number of ether oxygens (including phenoxy) is 2. The molecule has 1 aliphatic carbocycles. The predicted molar refractivity (Wildman–Crippen MR) is 107 cm³/mol. The van der Waals surface area contributed by atoms with Gasteiger partial charge >= 0.3 is 6.09 Å². The number of hydrogen-bond donors (Lipinski definition) is 2. The fourth-order valence-corrected chi connectivity index (χ4v) is 3.15. The zero-order chi connectivity index (χ0) is 19.3. The summed E-state index contributed by atoms with van der Waals surface area (Å²) in [6.07, 6.45) is 11.1. The predicted octanol–water partition coefficient (Wildman–Crippen LogP) is 4.42. The largest absolute Gasteiger partial charge is 0.444 e. The van der Waals surface area contributed by atoms with E-state index in [4.69, 9.17) is 9.47 Å². The van der Waals surface area contributed by atoms with Crippen LogP contribution >= 0.6 is 0 Å². The third-order valence-electron chi connectivity index (χ3n) is 4.60. The lowest BCUT2D eigenvalue weighted by molar-refractivity contribution is 0.0153. The van der Waals surface area contributed by atoms with Gasteiger partial charge in [0.1, 0.15) is 5.60 Å². The number of rotatable bonds is 12. The highest BCUT2D eigenvalue weighted by Crippen LogP contribution is 2.26. The van der Waals surface area contributed by atoms with E-state index in [2.05, 4.69) is 17.2 Å². The molecule has 1 saturated carbocycles. The van der Waals surface area contributed by atoms with Crippen molar-refractivity contribution in [3.8, 4) is 0 Å². The van der Waals surface area contributed by atoms with Gasteiger partial charge in [-0.25, -0.2) is 4.79 Å². The molecule has 0 bridgehead atoms. The SMILES string of the molecule is C=CCCNCCCCCOC1CCC(CNC(=O)OC(C)(C)C)CC1. The van der Waals surface area contributed by atoms with Gasteiger partial charge in [0, 0.05) is 13.2 Å². The second-order valence-electron chi connectivity index (χ2n) is 8.28. The van der Waals surface area contributed by atoms with Crippen LogP contribution < -0.4 is 10.6 Å². The van der Waals surface area contributed by atoms with Crippen molar-refractivity contribution in [3.63, 3.8) is 0 Å². The first-order valence-electron chi connectivity index (χ1n) is 10.3. The Balaban J connectivity index is 1.96. The molecule has 0 aromatic heterocycles. The summed E-state index contributed by atoms with van der Waals surface area (Å²) in [6, 6.07) is 0. The first-order chi connectivity index (χ1) is 12.4. The molecule has 0 saturated heterocycles. The molecule has 0 aromatic carbocycles. The van der Waals surface area contributed by atoms with Gasteiger partial charge in [-0.1, -0.05) is 6.08 Å². The first-order valence-corrected chi connectivity index (χ1v) is 10.3. The number of unbranched alkanes of at least 4 members (excludes halogenated alkanes) is 2. The van der Waals surface area contributed by atoms with Gasteiger partial charge in [0.05, 0.1) is 6.10 Å². The number of hydrogen-bond acceptors (Lipinski definition) is 4. The molecular formula is C21H40N2O3. The summed E-state index contributed by atoms with van der Waals surface area (Å²) in [5.74, 6) is 0.545. The van der Waals surface area contributed by atoms with Gasteiger partial charge in [0.15, 0.2) is 0 Å². The minimum Gasteiger partial charge on any atom is -0.444 e. The van der Waals surface area contributed by atoms with E-state index >= 15 is 0 Å². The van der Waals surface area contributed by atoms with Crippen molar-refractivity contribution in [1.82, 2.24) is 10.6 Å². The van der Waals surface area contributed by atoms with Crippen LogP contribution in [-0.2, 0) is 9.47 Å². The summed E-state index contributed by atoms with van der Waals surface area (Å²) < 4.78 is 11.3. The first kappa shape index (κ1) is 23.0. The maximum atomic E-state index is 11.7.